The van der Waals surface area contributed by atoms with Crippen LogP contribution in [0, 0.1) is 0 Å². The second-order valence-electron chi connectivity index (χ2n) is 0.933. The maximum atomic E-state index is 10.1. The molecule has 0 fully saturated rings. The van der Waals surface area contributed by atoms with Crippen LogP contribution in [0.3, 0.4) is 0 Å². The molecule has 44 valence electrons. The summed E-state index contributed by atoms with van der Waals surface area (Å²) in [6.07, 6.45) is 0. The molecule has 2 nitrogen and oxygen atoms in total. The molecule has 0 rings (SSSR count). The number of hydrogen-bond acceptors (Lipinski definition) is 2. The van der Waals surface area contributed by atoms with Crippen LogP contribution >= 0.6 is 0 Å². The molecular formula is C4H6O2Pd. The van der Waals surface area contributed by atoms with Crippen LogP contribution in [0.15, 0.2) is 0 Å². The van der Waals surface area contributed by atoms with E-state index in [-0.39, 0.29) is 26.5 Å². The Hall–Kier alpha value is 0.00234. The van der Waals surface area contributed by atoms with Crippen molar-refractivity contribution in [1.29, 1.82) is 0 Å². The van der Waals surface area contributed by atoms with E-state index >= 15 is 0 Å². The number of carbonyl (C=O) groups excluding carboxylic acids is 2. The summed E-state index contributed by atoms with van der Waals surface area (Å²) in [5.41, 5.74) is 0. The molecule has 0 heterocycles. The monoisotopic (exact) mass is 192 g/mol. The average Bonchev–Trinajstić information content (AvgIpc) is 1.27. The first-order chi connectivity index (χ1) is 3.13. The molecule has 0 aromatic heterocycles. The molecule has 0 saturated carbocycles. The molecule has 0 atom stereocenters. The number of hydrogen-bond donors (Lipinski definition) is 0. The zero-order valence-electron chi connectivity index (χ0n) is 4.13. The third-order valence-corrected chi connectivity index (χ3v) is 1.32. The van der Waals surface area contributed by atoms with E-state index < -0.39 is 0 Å². The summed E-state index contributed by atoms with van der Waals surface area (Å²) < 4.78 is -0.0250. The van der Waals surface area contributed by atoms with E-state index in [0.29, 0.717) is 0 Å². The van der Waals surface area contributed by atoms with Crippen molar-refractivity contribution in [1.82, 2.24) is 0 Å². The van der Waals surface area contributed by atoms with Crippen molar-refractivity contribution in [2.45, 2.75) is 13.8 Å². The molecule has 7 heavy (non-hydrogen) atoms. The van der Waals surface area contributed by atoms with Gasteiger partial charge in [-0.3, -0.25) is 0 Å². The molecule has 0 radical (unpaired) electrons. The summed E-state index contributed by atoms with van der Waals surface area (Å²) >= 11 is -0.306. The van der Waals surface area contributed by atoms with Gasteiger partial charge in [0.1, 0.15) is 0 Å². The molecular weight excluding hydrogens is 186 g/mol. The van der Waals surface area contributed by atoms with Gasteiger partial charge in [-0.1, -0.05) is 0 Å². The molecule has 0 spiro atoms. The fraction of sp³-hybridized carbons (Fsp3) is 0.500. The van der Waals surface area contributed by atoms with Gasteiger partial charge in [-0.05, 0) is 0 Å². The zero-order chi connectivity index (χ0) is 5.86. The van der Waals surface area contributed by atoms with Crippen molar-refractivity contribution in [3.05, 3.63) is 0 Å². The van der Waals surface area contributed by atoms with Crippen LogP contribution in [-0.4, -0.2) is 8.51 Å². The standard InChI is InChI=1S/2C2H3O.Pd/c2*1-2-3;/h2*1H3;. The van der Waals surface area contributed by atoms with Gasteiger partial charge in [0.05, 0.1) is 0 Å². The Morgan fingerprint density at radius 2 is 1.43 bits per heavy atom. The van der Waals surface area contributed by atoms with Gasteiger partial charge in [-0.15, -0.1) is 0 Å². The Morgan fingerprint density at radius 3 is 1.43 bits per heavy atom. The van der Waals surface area contributed by atoms with E-state index in [9.17, 15) is 9.59 Å². The SMILES string of the molecule is C[C](=O)[Pd][C](C)=O. The van der Waals surface area contributed by atoms with E-state index in [0.717, 1.165) is 0 Å². The summed E-state index contributed by atoms with van der Waals surface area (Å²) in [5, 5.41) is 0. The van der Waals surface area contributed by atoms with Crippen LogP contribution in [0.1, 0.15) is 13.8 Å². The Morgan fingerprint density at radius 1 is 1.14 bits per heavy atom. The molecule has 3 heteroatoms. The molecule has 0 aliphatic heterocycles. The van der Waals surface area contributed by atoms with Crippen molar-refractivity contribution in [2.75, 3.05) is 0 Å². The first kappa shape index (κ1) is 7.00. The maximum absolute atomic E-state index is 10.1. The zero-order valence-corrected chi connectivity index (χ0v) is 5.69. The first-order valence-electron chi connectivity index (χ1n) is 1.72. The fourth-order valence-electron chi connectivity index (χ4n) is 0.157. The first-order valence-corrected chi connectivity index (χ1v) is 3.28. The molecule has 0 saturated heterocycles. The number of carbonyl (C=O) groups is 2. The minimum absolute atomic E-state index is 0.0125. The van der Waals surface area contributed by atoms with Gasteiger partial charge in [0.25, 0.3) is 0 Å². The van der Waals surface area contributed by atoms with Crippen LogP contribution in [-0.2, 0) is 27.6 Å². The molecule has 0 N–H and O–H groups in total. The van der Waals surface area contributed by atoms with Crippen molar-refractivity contribution in [3.63, 3.8) is 0 Å². The van der Waals surface area contributed by atoms with Gasteiger partial charge >= 0.3 is 49.9 Å². The Kier molecular flexibility index (Phi) is 3.06. The number of rotatable bonds is 2. The van der Waals surface area contributed by atoms with Crippen LogP contribution in [0.25, 0.3) is 0 Å². The fourth-order valence-corrected chi connectivity index (χ4v) is 0.928. The summed E-state index contributed by atoms with van der Waals surface area (Å²) in [7, 11) is 0. The normalized spacial score (nSPS) is 8.86. The van der Waals surface area contributed by atoms with Crippen LogP contribution in [0.4, 0.5) is 0 Å². The second kappa shape index (κ2) is 3.06. The van der Waals surface area contributed by atoms with E-state index in [1.54, 1.807) is 0 Å². The van der Waals surface area contributed by atoms with E-state index in [1.165, 1.54) is 13.8 Å². The topological polar surface area (TPSA) is 34.1 Å². The predicted octanol–water partition coefficient (Wildman–Crippen LogP) is 0.162. The summed E-state index contributed by atoms with van der Waals surface area (Å²) in [6.45, 7) is 2.85. The van der Waals surface area contributed by atoms with Crippen molar-refractivity contribution >= 4 is 8.51 Å². The van der Waals surface area contributed by atoms with Crippen molar-refractivity contribution in [3.8, 4) is 0 Å². The van der Waals surface area contributed by atoms with Gasteiger partial charge in [-0.2, -0.15) is 0 Å². The Bertz CT molecular complexity index is 85.9. The van der Waals surface area contributed by atoms with Crippen LogP contribution in [0.2, 0.25) is 0 Å². The van der Waals surface area contributed by atoms with Gasteiger partial charge in [-0.25, -0.2) is 0 Å². The van der Waals surface area contributed by atoms with Crippen LogP contribution in [0.5, 0.6) is 0 Å². The summed E-state index contributed by atoms with van der Waals surface area (Å²) in [6, 6.07) is 0. The molecule has 0 aliphatic carbocycles. The quantitative estimate of drug-likeness (QED) is 0.584. The average molecular weight is 193 g/mol. The predicted molar refractivity (Wildman–Crippen MR) is 21.4 cm³/mol. The van der Waals surface area contributed by atoms with Crippen molar-refractivity contribution in [2.24, 2.45) is 0 Å². The molecule has 0 bridgehead atoms. The molecule has 0 unspecified atom stereocenters. The minimum atomic E-state index is -0.306. The summed E-state index contributed by atoms with van der Waals surface area (Å²) in [4.78, 5) is 20.1. The van der Waals surface area contributed by atoms with Crippen molar-refractivity contribution < 1.29 is 27.6 Å². The Balaban J connectivity index is 3.32. The molecule has 0 aromatic rings. The summed E-state index contributed by atoms with van der Waals surface area (Å²) in [5.74, 6) is 0. The Labute approximate surface area is 50.4 Å². The van der Waals surface area contributed by atoms with Gasteiger partial charge in [0, 0.05) is 0 Å². The van der Waals surface area contributed by atoms with Gasteiger partial charge in [0.15, 0.2) is 0 Å². The third kappa shape index (κ3) is 6.00. The molecule has 0 aromatic carbocycles. The molecule has 0 amide bonds. The van der Waals surface area contributed by atoms with Gasteiger partial charge in [0.2, 0.25) is 0 Å². The van der Waals surface area contributed by atoms with Gasteiger partial charge < -0.3 is 0 Å². The molecule has 0 aliphatic rings. The van der Waals surface area contributed by atoms with E-state index in [2.05, 4.69) is 0 Å². The van der Waals surface area contributed by atoms with E-state index in [4.69, 9.17) is 0 Å². The van der Waals surface area contributed by atoms with E-state index in [1.807, 2.05) is 0 Å². The third-order valence-electron chi connectivity index (χ3n) is 0.223. The van der Waals surface area contributed by atoms with Crippen LogP contribution < -0.4 is 0 Å². The second-order valence-corrected chi connectivity index (χ2v) is 3.51.